The number of nitrogens with zero attached hydrogens (tertiary/aromatic N) is 1. The third-order valence-electron chi connectivity index (χ3n) is 5.31. The van der Waals surface area contributed by atoms with Crippen LogP contribution in [0.2, 0.25) is 0 Å². The highest BCUT2D eigenvalue weighted by molar-refractivity contribution is 6.05. The molecule has 146 valence electrons. The van der Waals surface area contributed by atoms with E-state index in [4.69, 9.17) is 9.47 Å². The number of pyridine rings is 1. The maximum absolute atomic E-state index is 13.1. The van der Waals surface area contributed by atoms with E-state index >= 15 is 0 Å². The van der Waals surface area contributed by atoms with Crippen molar-refractivity contribution >= 4 is 22.5 Å². The van der Waals surface area contributed by atoms with Gasteiger partial charge in [-0.15, -0.1) is 0 Å². The molecule has 2 aromatic rings. The Hall–Kier alpha value is -2.14. The van der Waals surface area contributed by atoms with Crippen molar-refractivity contribution in [3.05, 3.63) is 30.5 Å². The number of carbonyl (C=O) groups excluding carboxylic acids is 1. The standard InChI is InChI=1S/C22H30N2O3/c1-15(2)14-27-19-10-9-18(17-8-6-12-23-20(17)19)24-21(25)22(26-4)11-5-7-16(3)13-22/h6,8-10,12,15-16H,5,7,11,13-14H2,1-4H3,(H,24,25)/t16-,22+/m0/s1. The van der Waals surface area contributed by atoms with Crippen LogP contribution in [0.5, 0.6) is 5.75 Å². The molecular formula is C22H30N2O3. The molecule has 1 aromatic heterocycles. The van der Waals surface area contributed by atoms with E-state index in [1.165, 1.54) is 0 Å². The van der Waals surface area contributed by atoms with E-state index in [1.54, 1.807) is 13.3 Å². The first-order valence-electron chi connectivity index (χ1n) is 9.82. The molecule has 0 radical (unpaired) electrons. The molecule has 3 rings (SSSR count). The van der Waals surface area contributed by atoms with E-state index in [0.717, 1.165) is 48.0 Å². The first-order valence-corrected chi connectivity index (χ1v) is 9.82. The van der Waals surface area contributed by atoms with Crippen LogP contribution in [-0.2, 0) is 9.53 Å². The number of carbonyl (C=O) groups is 1. The Morgan fingerprint density at radius 1 is 1.37 bits per heavy atom. The molecule has 0 spiro atoms. The molecule has 1 saturated carbocycles. The van der Waals surface area contributed by atoms with Gasteiger partial charge in [0, 0.05) is 18.7 Å². The molecule has 1 aliphatic carbocycles. The summed E-state index contributed by atoms with van der Waals surface area (Å²) in [6, 6.07) is 7.62. The van der Waals surface area contributed by atoms with E-state index in [1.807, 2.05) is 24.3 Å². The number of hydrogen-bond donors (Lipinski definition) is 1. The van der Waals surface area contributed by atoms with E-state index in [9.17, 15) is 4.79 Å². The molecule has 1 amide bonds. The Balaban J connectivity index is 1.88. The topological polar surface area (TPSA) is 60.5 Å². The number of methoxy groups -OCH3 is 1. The lowest BCUT2D eigenvalue weighted by Crippen LogP contribution is -2.47. The summed E-state index contributed by atoms with van der Waals surface area (Å²) >= 11 is 0. The van der Waals surface area contributed by atoms with Gasteiger partial charge in [-0.3, -0.25) is 9.78 Å². The smallest absolute Gasteiger partial charge is 0.256 e. The van der Waals surface area contributed by atoms with E-state index < -0.39 is 5.60 Å². The number of amides is 1. The van der Waals surface area contributed by atoms with Crippen molar-refractivity contribution in [2.24, 2.45) is 11.8 Å². The second-order valence-electron chi connectivity index (χ2n) is 8.07. The van der Waals surface area contributed by atoms with Crippen molar-refractivity contribution in [3.63, 3.8) is 0 Å². The normalized spacial score (nSPS) is 22.8. The van der Waals surface area contributed by atoms with Crippen molar-refractivity contribution < 1.29 is 14.3 Å². The van der Waals surface area contributed by atoms with Crippen LogP contribution < -0.4 is 10.1 Å². The predicted octanol–water partition coefficient (Wildman–Crippen LogP) is 4.80. The van der Waals surface area contributed by atoms with Gasteiger partial charge in [0.05, 0.1) is 12.3 Å². The monoisotopic (exact) mass is 370 g/mol. The van der Waals surface area contributed by atoms with Crippen LogP contribution >= 0.6 is 0 Å². The van der Waals surface area contributed by atoms with Gasteiger partial charge in [0.1, 0.15) is 16.9 Å². The van der Waals surface area contributed by atoms with Gasteiger partial charge in [-0.1, -0.05) is 27.2 Å². The molecule has 1 N–H and O–H groups in total. The van der Waals surface area contributed by atoms with Crippen molar-refractivity contribution in [2.75, 3.05) is 19.0 Å². The minimum absolute atomic E-state index is 0.0717. The number of fused-ring (bicyclic) bond motifs is 1. The Morgan fingerprint density at radius 3 is 2.89 bits per heavy atom. The summed E-state index contributed by atoms with van der Waals surface area (Å²) < 4.78 is 11.6. The number of ether oxygens (including phenoxy) is 2. The van der Waals surface area contributed by atoms with Gasteiger partial charge in [0.25, 0.3) is 5.91 Å². The van der Waals surface area contributed by atoms with Gasteiger partial charge in [-0.25, -0.2) is 0 Å². The molecule has 2 atom stereocenters. The summed E-state index contributed by atoms with van der Waals surface area (Å²) in [5, 5.41) is 3.98. The fraction of sp³-hybridized carbons (Fsp3) is 0.545. The molecule has 5 heteroatoms. The van der Waals surface area contributed by atoms with E-state index in [0.29, 0.717) is 18.4 Å². The number of nitrogens with one attached hydrogen (secondary N) is 1. The fourth-order valence-corrected chi connectivity index (χ4v) is 3.85. The lowest BCUT2D eigenvalue weighted by Gasteiger charge is -2.37. The third-order valence-corrected chi connectivity index (χ3v) is 5.31. The van der Waals surface area contributed by atoms with Crippen LogP contribution in [-0.4, -0.2) is 30.2 Å². The highest BCUT2D eigenvalue weighted by atomic mass is 16.5. The number of rotatable bonds is 6. The number of anilines is 1. The van der Waals surface area contributed by atoms with Crippen molar-refractivity contribution in [2.45, 2.75) is 52.1 Å². The van der Waals surface area contributed by atoms with Crippen molar-refractivity contribution in [1.29, 1.82) is 0 Å². The summed E-state index contributed by atoms with van der Waals surface area (Å²) in [6.45, 7) is 7.03. The SMILES string of the molecule is CO[C@]1(C(=O)Nc2ccc(OCC(C)C)c3ncccc23)CCC[C@H](C)C1. The highest BCUT2D eigenvalue weighted by Crippen LogP contribution is 2.37. The molecule has 5 nitrogen and oxygen atoms in total. The maximum atomic E-state index is 13.1. The summed E-state index contributed by atoms with van der Waals surface area (Å²) in [5.74, 6) is 1.58. The molecule has 0 saturated heterocycles. The molecule has 27 heavy (non-hydrogen) atoms. The fourth-order valence-electron chi connectivity index (χ4n) is 3.85. The van der Waals surface area contributed by atoms with Crippen LogP contribution in [0.15, 0.2) is 30.5 Å². The Kier molecular flexibility index (Phi) is 6.00. The zero-order chi connectivity index (χ0) is 19.4. The highest BCUT2D eigenvalue weighted by Gasteiger charge is 2.42. The minimum atomic E-state index is -0.751. The molecule has 0 unspecified atom stereocenters. The lowest BCUT2D eigenvalue weighted by molar-refractivity contribution is -0.143. The van der Waals surface area contributed by atoms with E-state index in [-0.39, 0.29) is 5.91 Å². The second-order valence-corrected chi connectivity index (χ2v) is 8.07. The first kappa shape index (κ1) is 19.6. The van der Waals surface area contributed by atoms with Crippen LogP contribution in [0.3, 0.4) is 0 Å². The van der Waals surface area contributed by atoms with Gasteiger partial charge in [0.2, 0.25) is 0 Å². The average Bonchev–Trinajstić information content (AvgIpc) is 2.67. The van der Waals surface area contributed by atoms with Gasteiger partial charge >= 0.3 is 0 Å². The molecule has 0 bridgehead atoms. The Labute approximate surface area is 161 Å². The van der Waals surface area contributed by atoms with Gasteiger partial charge < -0.3 is 14.8 Å². The van der Waals surface area contributed by atoms with Crippen LogP contribution in [0.4, 0.5) is 5.69 Å². The number of aromatic nitrogens is 1. The molecule has 0 aliphatic heterocycles. The Bertz CT molecular complexity index is 805. The second kappa shape index (κ2) is 8.26. The third kappa shape index (κ3) is 4.24. The summed E-state index contributed by atoms with van der Waals surface area (Å²) in [6.07, 6.45) is 5.40. The largest absolute Gasteiger partial charge is 0.491 e. The summed E-state index contributed by atoms with van der Waals surface area (Å²) in [7, 11) is 1.64. The quantitative estimate of drug-likeness (QED) is 0.793. The van der Waals surface area contributed by atoms with Gasteiger partial charge in [-0.05, 0) is 55.4 Å². The molecule has 1 aromatic carbocycles. The molecule has 1 heterocycles. The molecule has 1 aliphatic rings. The number of benzene rings is 1. The van der Waals surface area contributed by atoms with Crippen LogP contribution in [0.25, 0.3) is 10.9 Å². The van der Waals surface area contributed by atoms with Crippen LogP contribution in [0.1, 0.15) is 46.5 Å². The van der Waals surface area contributed by atoms with Crippen molar-refractivity contribution in [1.82, 2.24) is 4.98 Å². The number of hydrogen-bond acceptors (Lipinski definition) is 4. The van der Waals surface area contributed by atoms with Crippen molar-refractivity contribution in [3.8, 4) is 5.75 Å². The lowest BCUT2D eigenvalue weighted by atomic mass is 9.78. The molecular weight excluding hydrogens is 340 g/mol. The summed E-state index contributed by atoms with van der Waals surface area (Å²) in [5.41, 5.74) is 0.757. The maximum Gasteiger partial charge on any atom is 0.256 e. The minimum Gasteiger partial charge on any atom is -0.491 e. The Morgan fingerprint density at radius 2 is 2.19 bits per heavy atom. The van der Waals surface area contributed by atoms with Gasteiger partial charge in [-0.2, -0.15) is 0 Å². The van der Waals surface area contributed by atoms with E-state index in [2.05, 4.69) is 31.1 Å². The molecule has 1 fully saturated rings. The summed E-state index contributed by atoms with van der Waals surface area (Å²) in [4.78, 5) is 17.6. The predicted molar refractivity (Wildman–Crippen MR) is 108 cm³/mol. The zero-order valence-corrected chi connectivity index (χ0v) is 16.7. The first-order chi connectivity index (χ1) is 12.9. The van der Waals surface area contributed by atoms with Crippen LogP contribution in [0, 0.1) is 11.8 Å². The zero-order valence-electron chi connectivity index (χ0n) is 16.7. The van der Waals surface area contributed by atoms with Gasteiger partial charge in [0.15, 0.2) is 0 Å². The average molecular weight is 370 g/mol.